The quantitative estimate of drug-likeness (QED) is 0.482. The van der Waals surface area contributed by atoms with Crippen molar-refractivity contribution < 1.29 is 38.3 Å². The van der Waals surface area contributed by atoms with Crippen molar-refractivity contribution in [3.8, 4) is 0 Å². The molecule has 0 bridgehead atoms. The molecule has 2 aromatic carbocycles. The van der Waals surface area contributed by atoms with E-state index in [1.807, 2.05) is 31.2 Å². The van der Waals surface area contributed by atoms with Gasteiger partial charge in [0.25, 0.3) is 0 Å². The zero-order valence-electron chi connectivity index (χ0n) is 8.69. The van der Waals surface area contributed by atoms with Gasteiger partial charge in [0.1, 0.15) is 0 Å². The van der Waals surface area contributed by atoms with Crippen LogP contribution in [0.3, 0.4) is 0 Å². The van der Waals surface area contributed by atoms with E-state index in [-0.39, 0.29) is 29.6 Å². The number of hydrogen-bond donors (Lipinski definition) is 0. The Morgan fingerprint density at radius 2 is 1.67 bits per heavy atom. The molecular weight excluding hydrogens is 219 g/mol. The Kier molecular flexibility index (Phi) is 4.49. The van der Waals surface area contributed by atoms with Crippen LogP contribution < -0.4 is 29.6 Å². The number of hydrogen-bond acceptors (Lipinski definition) is 2. The predicted octanol–water partition coefficient (Wildman–Crippen LogP) is -0.610. The summed E-state index contributed by atoms with van der Waals surface area (Å²) in [6, 6.07) is 11.0. The first-order valence-electron chi connectivity index (χ1n) is 4.28. The van der Waals surface area contributed by atoms with Crippen LogP contribution in [0.4, 0.5) is 0 Å². The number of rotatable bonds is 1. The molecule has 1 unspecified atom stereocenters. The monoisotopic (exact) mass is 228 g/mol. The molecule has 0 fully saturated rings. The molecule has 0 aliphatic carbocycles. The molecule has 0 N–H and O–H groups in total. The van der Waals surface area contributed by atoms with Gasteiger partial charge in [0.15, 0.2) is 0 Å². The fourth-order valence-electron chi connectivity index (χ4n) is 1.58. The average Bonchev–Trinajstić information content (AvgIpc) is 2.17. The third-order valence-corrected chi connectivity index (χ3v) is 2.99. The van der Waals surface area contributed by atoms with Gasteiger partial charge in [-0.25, -0.2) is 0 Å². The molecule has 0 radical (unpaired) electrons. The van der Waals surface area contributed by atoms with Crippen molar-refractivity contribution in [1.82, 2.24) is 0 Å². The SMILES string of the molecule is Cc1cccc2c(S(=O)[O-])cccc12.[Na+]. The van der Waals surface area contributed by atoms with Gasteiger partial charge in [0.2, 0.25) is 0 Å². The molecule has 0 saturated carbocycles. The minimum absolute atomic E-state index is 0. The van der Waals surface area contributed by atoms with Gasteiger partial charge in [-0.05, 0) is 40.4 Å². The summed E-state index contributed by atoms with van der Waals surface area (Å²) >= 11 is -2.16. The number of benzene rings is 2. The summed E-state index contributed by atoms with van der Waals surface area (Å²) in [6.45, 7) is 1.97. The van der Waals surface area contributed by atoms with Gasteiger partial charge in [-0.2, -0.15) is 0 Å². The van der Waals surface area contributed by atoms with Crippen molar-refractivity contribution in [3.63, 3.8) is 0 Å². The standard InChI is InChI=1S/C11H10O2S.Na/c1-8-4-2-6-10-9(8)5-3-7-11(10)14(12)13;/h2-7H,1H3,(H,12,13);/q;+1/p-1. The molecule has 0 aliphatic rings. The van der Waals surface area contributed by atoms with Gasteiger partial charge in [-0.1, -0.05) is 30.3 Å². The fourth-order valence-corrected chi connectivity index (χ4v) is 2.13. The molecule has 15 heavy (non-hydrogen) atoms. The maximum atomic E-state index is 10.9. The zero-order valence-corrected chi connectivity index (χ0v) is 11.5. The molecule has 72 valence electrons. The summed E-state index contributed by atoms with van der Waals surface area (Å²) in [5, 5.41) is 1.79. The topological polar surface area (TPSA) is 40.1 Å². The largest absolute Gasteiger partial charge is 1.00 e. The molecule has 4 heteroatoms. The minimum atomic E-state index is -2.16. The Hall–Kier alpha value is -0.190. The van der Waals surface area contributed by atoms with Gasteiger partial charge in [-0.3, -0.25) is 4.21 Å². The van der Waals surface area contributed by atoms with Crippen LogP contribution in [0.15, 0.2) is 41.3 Å². The summed E-state index contributed by atoms with van der Waals surface area (Å²) in [5.74, 6) is 0. The van der Waals surface area contributed by atoms with E-state index in [1.165, 1.54) is 0 Å². The summed E-state index contributed by atoms with van der Waals surface area (Å²) in [6.07, 6.45) is 0. The van der Waals surface area contributed by atoms with Crippen molar-refractivity contribution in [2.45, 2.75) is 11.8 Å². The van der Waals surface area contributed by atoms with Gasteiger partial charge in [0, 0.05) is 4.90 Å². The van der Waals surface area contributed by atoms with E-state index in [2.05, 4.69) is 0 Å². The molecule has 0 aliphatic heterocycles. The van der Waals surface area contributed by atoms with E-state index in [9.17, 15) is 8.76 Å². The Balaban J connectivity index is 0.00000112. The van der Waals surface area contributed by atoms with E-state index in [4.69, 9.17) is 0 Å². The third kappa shape index (κ3) is 2.49. The van der Waals surface area contributed by atoms with Crippen LogP contribution in [0.2, 0.25) is 0 Å². The third-order valence-electron chi connectivity index (χ3n) is 2.28. The first-order valence-corrected chi connectivity index (χ1v) is 5.35. The minimum Gasteiger partial charge on any atom is -0.768 e. The van der Waals surface area contributed by atoms with Gasteiger partial charge in [0.05, 0.1) is 0 Å². The van der Waals surface area contributed by atoms with Crippen molar-refractivity contribution in [3.05, 3.63) is 42.0 Å². The van der Waals surface area contributed by atoms with Crippen molar-refractivity contribution in [2.24, 2.45) is 0 Å². The molecule has 0 aromatic heterocycles. The maximum absolute atomic E-state index is 10.9. The molecular formula is C11H9NaO2S. The summed E-state index contributed by atoms with van der Waals surface area (Å²) < 4.78 is 21.9. The molecule has 1 atom stereocenters. The van der Waals surface area contributed by atoms with E-state index in [0.717, 1.165) is 16.3 Å². The first kappa shape index (κ1) is 12.9. The second-order valence-electron chi connectivity index (χ2n) is 3.16. The molecule has 0 heterocycles. The van der Waals surface area contributed by atoms with Crippen molar-refractivity contribution >= 4 is 21.9 Å². The Morgan fingerprint density at radius 3 is 2.33 bits per heavy atom. The summed E-state index contributed by atoms with van der Waals surface area (Å²) in [7, 11) is 0. The number of aryl methyl sites for hydroxylation is 1. The molecule has 2 aromatic rings. The van der Waals surface area contributed by atoms with Crippen LogP contribution in [-0.2, 0) is 11.1 Å². The van der Waals surface area contributed by atoms with E-state index in [1.54, 1.807) is 12.1 Å². The van der Waals surface area contributed by atoms with Crippen LogP contribution in [-0.4, -0.2) is 8.76 Å². The van der Waals surface area contributed by atoms with Crippen LogP contribution >= 0.6 is 0 Å². The van der Waals surface area contributed by atoms with Crippen LogP contribution in [0.5, 0.6) is 0 Å². The Labute approximate surface area is 113 Å². The van der Waals surface area contributed by atoms with Gasteiger partial charge < -0.3 is 4.55 Å². The Bertz CT molecular complexity index is 511. The Morgan fingerprint density at radius 1 is 1.07 bits per heavy atom. The molecule has 2 rings (SSSR count). The normalized spacial score (nSPS) is 12.1. The van der Waals surface area contributed by atoms with Crippen LogP contribution in [0.1, 0.15) is 5.56 Å². The van der Waals surface area contributed by atoms with Crippen molar-refractivity contribution in [2.75, 3.05) is 0 Å². The van der Waals surface area contributed by atoms with Gasteiger partial charge in [-0.15, -0.1) is 0 Å². The van der Waals surface area contributed by atoms with Crippen molar-refractivity contribution in [1.29, 1.82) is 0 Å². The zero-order chi connectivity index (χ0) is 10.1. The van der Waals surface area contributed by atoms with E-state index >= 15 is 0 Å². The van der Waals surface area contributed by atoms with E-state index < -0.39 is 11.1 Å². The molecule has 2 nitrogen and oxygen atoms in total. The second-order valence-corrected chi connectivity index (χ2v) is 4.07. The average molecular weight is 228 g/mol. The number of fused-ring (bicyclic) bond motifs is 1. The molecule has 0 saturated heterocycles. The first-order chi connectivity index (χ1) is 6.70. The smallest absolute Gasteiger partial charge is 0.768 e. The van der Waals surface area contributed by atoms with Gasteiger partial charge >= 0.3 is 29.6 Å². The predicted molar refractivity (Wildman–Crippen MR) is 55.9 cm³/mol. The van der Waals surface area contributed by atoms with Crippen LogP contribution in [0.25, 0.3) is 10.8 Å². The summed E-state index contributed by atoms with van der Waals surface area (Å²) in [4.78, 5) is 0.367. The van der Waals surface area contributed by atoms with Crippen LogP contribution in [0, 0.1) is 6.92 Å². The fraction of sp³-hybridized carbons (Fsp3) is 0.0909. The second kappa shape index (κ2) is 5.23. The van der Waals surface area contributed by atoms with E-state index in [0.29, 0.717) is 4.90 Å². The molecule has 0 amide bonds. The maximum Gasteiger partial charge on any atom is 1.00 e. The molecule has 0 spiro atoms. The summed E-state index contributed by atoms with van der Waals surface area (Å²) in [5.41, 5.74) is 1.09.